The highest BCUT2D eigenvalue weighted by Crippen LogP contribution is 2.26. The molecule has 5 nitrogen and oxygen atoms in total. The third-order valence-corrected chi connectivity index (χ3v) is 6.90. The third kappa shape index (κ3) is 4.29. The molecule has 0 unspecified atom stereocenters. The van der Waals surface area contributed by atoms with Crippen LogP contribution in [0, 0.1) is 0 Å². The van der Waals surface area contributed by atoms with E-state index in [1.54, 1.807) is 48.5 Å². The molecule has 0 radical (unpaired) electrons. The van der Waals surface area contributed by atoms with E-state index < -0.39 is 10.0 Å². The van der Waals surface area contributed by atoms with Crippen LogP contribution in [0.4, 0.5) is 5.69 Å². The second-order valence-corrected chi connectivity index (χ2v) is 8.93. The highest BCUT2D eigenvalue weighted by molar-refractivity contribution is 7.89. The first-order chi connectivity index (χ1) is 12.4. The molecule has 0 aliphatic carbocycles. The summed E-state index contributed by atoms with van der Waals surface area (Å²) in [5.41, 5.74) is 0.667. The van der Waals surface area contributed by atoms with Crippen molar-refractivity contribution in [3.8, 4) is 0 Å². The molecule has 2 aromatic rings. The van der Waals surface area contributed by atoms with Crippen molar-refractivity contribution >= 4 is 56.2 Å². The van der Waals surface area contributed by atoms with Crippen LogP contribution in [-0.2, 0) is 10.0 Å². The molecular weight excluding hydrogens is 413 g/mol. The van der Waals surface area contributed by atoms with Crippen LogP contribution in [0.3, 0.4) is 0 Å². The average Bonchev–Trinajstić information content (AvgIpc) is 2.65. The van der Waals surface area contributed by atoms with E-state index in [4.69, 9.17) is 35.4 Å². The Morgan fingerprint density at radius 2 is 1.65 bits per heavy atom. The second-order valence-electron chi connectivity index (χ2n) is 5.76. The van der Waals surface area contributed by atoms with Gasteiger partial charge in [0.2, 0.25) is 10.0 Å². The summed E-state index contributed by atoms with van der Waals surface area (Å²) in [7, 11) is -3.47. The molecule has 1 aliphatic heterocycles. The summed E-state index contributed by atoms with van der Waals surface area (Å²) < 4.78 is 26.8. The highest BCUT2D eigenvalue weighted by Gasteiger charge is 2.29. The first-order valence-corrected chi connectivity index (χ1v) is 10.5. The van der Waals surface area contributed by atoms with Crippen LogP contribution in [-0.4, -0.2) is 48.9 Å². The van der Waals surface area contributed by atoms with Crippen LogP contribution >= 0.6 is 35.4 Å². The lowest BCUT2D eigenvalue weighted by Gasteiger charge is -2.35. The van der Waals surface area contributed by atoms with Crippen LogP contribution < -0.4 is 5.32 Å². The van der Waals surface area contributed by atoms with Gasteiger partial charge in [-0.25, -0.2) is 8.42 Å². The zero-order chi connectivity index (χ0) is 18.7. The third-order valence-electron chi connectivity index (χ3n) is 4.08. The SMILES string of the molecule is O=S(=O)(c1ccccc1)N1CCN(C(=S)Nc2ccc(Cl)cc2Cl)CC1. The van der Waals surface area contributed by atoms with Gasteiger partial charge in [-0.3, -0.25) is 0 Å². The predicted octanol–water partition coefficient (Wildman–Crippen LogP) is 3.70. The summed E-state index contributed by atoms with van der Waals surface area (Å²) in [6.45, 7) is 1.74. The number of sulfonamides is 1. The number of hydrogen-bond donors (Lipinski definition) is 1. The fourth-order valence-corrected chi connectivity index (χ4v) is 4.85. The molecule has 3 rings (SSSR count). The zero-order valence-electron chi connectivity index (χ0n) is 13.7. The maximum absolute atomic E-state index is 12.7. The number of halogens is 2. The molecule has 1 saturated heterocycles. The lowest BCUT2D eigenvalue weighted by atomic mass is 10.3. The first kappa shape index (κ1) is 19.4. The molecule has 2 aromatic carbocycles. The number of piperazine rings is 1. The molecule has 0 atom stereocenters. The van der Waals surface area contributed by atoms with E-state index in [1.807, 2.05) is 4.90 Å². The van der Waals surface area contributed by atoms with Gasteiger partial charge in [-0.1, -0.05) is 41.4 Å². The van der Waals surface area contributed by atoms with Gasteiger partial charge >= 0.3 is 0 Å². The number of thiocarbonyl (C=S) groups is 1. The number of rotatable bonds is 3. The Morgan fingerprint density at radius 1 is 1.00 bits per heavy atom. The van der Waals surface area contributed by atoms with Crippen LogP contribution in [0.1, 0.15) is 0 Å². The Labute approximate surface area is 168 Å². The Hall–Kier alpha value is -1.38. The minimum absolute atomic E-state index is 0.307. The topological polar surface area (TPSA) is 52.7 Å². The fourth-order valence-electron chi connectivity index (χ4n) is 2.66. The molecule has 26 heavy (non-hydrogen) atoms. The van der Waals surface area contributed by atoms with E-state index in [1.165, 1.54) is 4.31 Å². The smallest absolute Gasteiger partial charge is 0.243 e. The second kappa shape index (κ2) is 8.10. The van der Waals surface area contributed by atoms with Crippen molar-refractivity contribution in [2.45, 2.75) is 4.90 Å². The van der Waals surface area contributed by atoms with E-state index >= 15 is 0 Å². The Balaban J connectivity index is 1.62. The molecule has 0 bridgehead atoms. The highest BCUT2D eigenvalue weighted by atomic mass is 35.5. The normalized spacial score (nSPS) is 15.7. The van der Waals surface area contributed by atoms with Gasteiger partial charge < -0.3 is 10.2 Å². The monoisotopic (exact) mass is 429 g/mol. The van der Waals surface area contributed by atoms with Crippen LogP contribution in [0.15, 0.2) is 53.4 Å². The summed E-state index contributed by atoms with van der Waals surface area (Å²) in [5.74, 6) is 0. The molecule has 0 saturated carbocycles. The van der Waals surface area contributed by atoms with Gasteiger partial charge in [0.15, 0.2) is 5.11 Å². The van der Waals surface area contributed by atoms with Gasteiger partial charge in [-0.05, 0) is 42.5 Å². The maximum Gasteiger partial charge on any atom is 0.243 e. The van der Waals surface area contributed by atoms with Crippen molar-refractivity contribution in [3.05, 3.63) is 58.6 Å². The standard InChI is InChI=1S/C17H17Cl2N3O2S2/c18-13-6-7-16(15(19)12-13)20-17(25)21-8-10-22(11-9-21)26(23,24)14-4-2-1-3-5-14/h1-7,12H,8-11H2,(H,20,25). The van der Waals surface area contributed by atoms with Crippen molar-refractivity contribution in [2.24, 2.45) is 0 Å². The van der Waals surface area contributed by atoms with Gasteiger partial charge in [0, 0.05) is 31.2 Å². The molecule has 1 N–H and O–H groups in total. The average molecular weight is 430 g/mol. The number of anilines is 1. The molecular formula is C17H17Cl2N3O2S2. The number of nitrogens with one attached hydrogen (secondary N) is 1. The summed E-state index contributed by atoms with van der Waals surface area (Å²) in [6.07, 6.45) is 0. The molecule has 1 heterocycles. The molecule has 0 amide bonds. The Kier molecular flexibility index (Phi) is 6.04. The summed E-state index contributed by atoms with van der Waals surface area (Å²) in [6, 6.07) is 13.6. The number of hydrogen-bond acceptors (Lipinski definition) is 3. The number of benzene rings is 2. The van der Waals surface area contributed by atoms with E-state index in [9.17, 15) is 8.42 Å². The largest absolute Gasteiger partial charge is 0.346 e. The van der Waals surface area contributed by atoms with Gasteiger partial charge in [0.25, 0.3) is 0 Å². The lowest BCUT2D eigenvalue weighted by molar-refractivity contribution is 0.268. The van der Waals surface area contributed by atoms with Crippen molar-refractivity contribution in [3.63, 3.8) is 0 Å². The van der Waals surface area contributed by atoms with Gasteiger partial charge in [0.1, 0.15) is 0 Å². The van der Waals surface area contributed by atoms with Gasteiger partial charge in [-0.2, -0.15) is 4.31 Å². The summed E-state index contributed by atoms with van der Waals surface area (Å²) in [4.78, 5) is 2.24. The van der Waals surface area contributed by atoms with Crippen LogP contribution in [0.25, 0.3) is 0 Å². The van der Waals surface area contributed by atoms with E-state index in [2.05, 4.69) is 5.32 Å². The van der Waals surface area contributed by atoms with Crippen LogP contribution in [0.2, 0.25) is 10.0 Å². The van der Waals surface area contributed by atoms with Crippen molar-refractivity contribution in [1.29, 1.82) is 0 Å². The van der Waals surface area contributed by atoms with Crippen molar-refractivity contribution in [1.82, 2.24) is 9.21 Å². The Morgan fingerprint density at radius 3 is 2.27 bits per heavy atom. The van der Waals surface area contributed by atoms with E-state index in [0.717, 1.165) is 0 Å². The van der Waals surface area contributed by atoms with E-state index in [0.29, 0.717) is 51.9 Å². The van der Waals surface area contributed by atoms with Gasteiger partial charge in [0.05, 0.1) is 15.6 Å². The number of nitrogens with zero attached hydrogens (tertiary/aromatic N) is 2. The molecule has 138 valence electrons. The first-order valence-electron chi connectivity index (χ1n) is 7.94. The summed E-state index contributed by atoms with van der Waals surface area (Å²) >= 11 is 17.5. The summed E-state index contributed by atoms with van der Waals surface area (Å²) in [5, 5.41) is 4.62. The molecule has 0 spiro atoms. The fraction of sp³-hybridized carbons (Fsp3) is 0.235. The Bertz CT molecular complexity index is 899. The van der Waals surface area contributed by atoms with E-state index in [-0.39, 0.29) is 0 Å². The molecule has 1 aliphatic rings. The maximum atomic E-state index is 12.7. The lowest BCUT2D eigenvalue weighted by Crippen LogP contribution is -2.51. The minimum Gasteiger partial charge on any atom is -0.346 e. The molecule has 0 aromatic heterocycles. The quantitative estimate of drug-likeness (QED) is 0.753. The zero-order valence-corrected chi connectivity index (χ0v) is 16.9. The van der Waals surface area contributed by atoms with Crippen molar-refractivity contribution < 1.29 is 8.42 Å². The molecule has 1 fully saturated rings. The van der Waals surface area contributed by atoms with Crippen LogP contribution in [0.5, 0.6) is 0 Å². The predicted molar refractivity (Wildman–Crippen MR) is 109 cm³/mol. The van der Waals surface area contributed by atoms with Crippen molar-refractivity contribution in [2.75, 3.05) is 31.5 Å². The van der Waals surface area contributed by atoms with Gasteiger partial charge in [-0.15, -0.1) is 0 Å². The molecule has 9 heteroatoms. The minimum atomic E-state index is -3.47.